The Morgan fingerprint density at radius 3 is 2.20 bits per heavy atom. The van der Waals surface area contributed by atoms with Crippen LogP contribution < -0.4 is 15.2 Å². The van der Waals surface area contributed by atoms with Crippen molar-refractivity contribution >= 4 is 0 Å². The lowest BCUT2D eigenvalue weighted by atomic mass is 9.94. The lowest BCUT2D eigenvalue weighted by Crippen LogP contribution is -2.29. The second-order valence-electron chi connectivity index (χ2n) is 3.88. The summed E-state index contributed by atoms with van der Waals surface area (Å²) in [6, 6.07) is 3.25. The Hall–Kier alpha value is -1.29. The number of methoxy groups -OCH3 is 2. The van der Waals surface area contributed by atoms with Crippen molar-refractivity contribution in [3.8, 4) is 11.5 Å². The maximum absolute atomic E-state index is 13.8. The van der Waals surface area contributed by atoms with E-state index in [4.69, 9.17) is 15.2 Å². The zero-order valence-electron chi connectivity index (χ0n) is 9.43. The zero-order valence-corrected chi connectivity index (χ0v) is 9.43. The summed E-state index contributed by atoms with van der Waals surface area (Å²) in [7, 11) is 2.82. The molecule has 0 saturated heterocycles. The molecule has 1 rings (SSSR count). The van der Waals surface area contributed by atoms with Gasteiger partial charge in [-0.2, -0.15) is 4.39 Å². The monoisotopic (exact) mass is 213 g/mol. The molecule has 0 heterocycles. The second-order valence-corrected chi connectivity index (χ2v) is 3.88. The average Bonchev–Trinajstić information content (AvgIpc) is 2.15. The first kappa shape index (κ1) is 11.8. The Kier molecular flexibility index (Phi) is 3.19. The minimum absolute atomic E-state index is 0.141. The van der Waals surface area contributed by atoms with E-state index in [1.807, 2.05) is 0 Å². The van der Waals surface area contributed by atoms with Crippen molar-refractivity contribution in [2.45, 2.75) is 19.4 Å². The van der Waals surface area contributed by atoms with Gasteiger partial charge in [-0.15, -0.1) is 0 Å². The SMILES string of the molecule is COc1ccc(C(C)(C)N)c(OC)c1F. The van der Waals surface area contributed by atoms with E-state index in [0.717, 1.165) is 0 Å². The molecule has 0 aliphatic carbocycles. The van der Waals surface area contributed by atoms with Crippen LogP contribution in [0.2, 0.25) is 0 Å². The summed E-state index contributed by atoms with van der Waals surface area (Å²) < 4.78 is 23.6. The summed E-state index contributed by atoms with van der Waals surface area (Å²) >= 11 is 0. The highest BCUT2D eigenvalue weighted by molar-refractivity contribution is 5.45. The molecular formula is C11H16FNO2. The smallest absolute Gasteiger partial charge is 0.207 e. The van der Waals surface area contributed by atoms with Crippen LogP contribution in [0.4, 0.5) is 4.39 Å². The van der Waals surface area contributed by atoms with Gasteiger partial charge in [0.25, 0.3) is 0 Å². The van der Waals surface area contributed by atoms with Crippen LogP contribution in [0.25, 0.3) is 0 Å². The molecule has 0 spiro atoms. The molecule has 1 aromatic rings. The van der Waals surface area contributed by atoms with Gasteiger partial charge in [-0.05, 0) is 26.0 Å². The molecule has 3 nitrogen and oxygen atoms in total. The third kappa shape index (κ3) is 2.21. The van der Waals surface area contributed by atoms with Crippen LogP contribution in [0, 0.1) is 5.82 Å². The number of nitrogens with two attached hydrogens (primary N) is 1. The maximum atomic E-state index is 13.8. The van der Waals surface area contributed by atoms with Crippen LogP contribution in [0.5, 0.6) is 11.5 Å². The molecule has 0 amide bonds. The number of rotatable bonds is 3. The van der Waals surface area contributed by atoms with Crippen LogP contribution in [-0.4, -0.2) is 14.2 Å². The molecule has 0 radical (unpaired) electrons. The fourth-order valence-corrected chi connectivity index (χ4v) is 1.40. The molecule has 1 aromatic carbocycles. The fourth-order valence-electron chi connectivity index (χ4n) is 1.40. The Morgan fingerprint density at radius 1 is 1.20 bits per heavy atom. The molecule has 0 atom stereocenters. The van der Waals surface area contributed by atoms with E-state index in [0.29, 0.717) is 5.56 Å². The van der Waals surface area contributed by atoms with E-state index in [-0.39, 0.29) is 11.5 Å². The Morgan fingerprint density at radius 2 is 1.80 bits per heavy atom. The first-order valence-corrected chi connectivity index (χ1v) is 4.61. The normalized spacial score (nSPS) is 11.3. The molecule has 15 heavy (non-hydrogen) atoms. The number of ether oxygens (including phenoxy) is 2. The minimum Gasteiger partial charge on any atom is -0.494 e. The first-order chi connectivity index (χ1) is 6.91. The Balaban J connectivity index is 3.38. The van der Waals surface area contributed by atoms with E-state index in [9.17, 15) is 4.39 Å². The van der Waals surface area contributed by atoms with E-state index in [1.54, 1.807) is 26.0 Å². The largest absolute Gasteiger partial charge is 0.494 e. The number of hydrogen-bond acceptors (Lipinski definition) is 3. The average molecular weight is 213 g/mol. The van der Waals surface area contributed by atoms with Gasteiger partial charge in [-0.1, -0.05) is 0 Å². The van der Waals surface area contributed by atoms with Crippen LogP contribution in [0.15, 0.2) is 12.1 Å². The molecule has 0 bridgehead atoms. The summed E-state index contributed by atoms with van der Waals surface area (Å²) in [6.45, 7) is 3.58. The van der Waals surface area contributed by atoms with Gasteiger partial charge in [0.1, 0.15) is 0 Å². The highest BCUT2D eigenvalue weighted by Crippen LogP contribution is 2.35. The summed E-state index contributed by atoms with van der Waals surface area (Å²) in [5.41, 5.74) is 5.87. The van der Waals surface area contributed by atoms with Gasteiger partial charge in [-0.3, -0.25) is 0 Å². The van der Waals surface area contributed by atoms with E-state index >= 15 is 0 Å². The van der Waals surface area contributed by atoms with Gasteiger partial charge in [-0.25, -0.2) is 0 Å². The molecule has 2 N–H and O–H groups in total. The minimum atomic E-state index is -0.654. The lowest BCUT2D eigenvalue weighted by molar-refractivity contribution is 0.339. The zero-order chi connectivity index (χ0) is 11.6. The molecule has 0 aliphatic rings. The quantitative estimate of drug-likeness (QED) is 0.835. The van der Waals surface area contributed by atoms with Crippen LogP contribution in [0.1, 0.15) is 19.4 Å². The predicted octanol–water partition coefficient (Wildman–Crippen LogP) is 2.04. The Labute approximate surface area is 89.0 Å². The Bertz CT molecular complexity index is 358. The first-order valence-electron chi connectivity index (χ1n) is 4.61. The molecule has 0 unspecified atom stereocenters. The van der Waals surface area contributed by atoms with Gasteiger partial charge in [0.05, 0.1) is 14.2 Å². The van der Waals surface area contributed by atoms with Crippen molar-refractivity contribution in [1.29, 1.82) is 0 Å². The van der Waals surface area contributed by atoms with Gasteiger partial charge >= 0.3 is 0 Å². The molecule has 4 heteroatoms. The molecule has 84 valence electrons. The maximum Gasteiger partial charge on any atom is 0.207 e. The van der Waals surface area contributed by atoms with Crippen molar-refractivity contribution in [2.24, 2.45) is 5.73 Å². The van der Waals surface area contributed by atoms with Gasteiger partial charge in [0, 0.05) is 11.1 Å². The van der Waals surface area contributed by atoms with Crippen molar-refractivity contribution < 1.29 is 13.9 Å². The molecule has 0 saturated carbocycles. The third-order valence-electron chi connectivity index (χ3n) is 2.18. The van der Waals surface area contributed by atoms with E-state index < -0.39 is 11.4 Å². The third-order valence-corrected chi connectivity index (χ3v) is 2.18. The lowest BCUT2D eigenvalue weighted by Gasteiger charge is -2.22. The summed E-state index contributed by atoms with van der Waals surface area (Å²) in [4.78, 5) is 0. The number of benzene rings is 1. The van der Waals surface area contributed by atoms with Crippen molar-refractivity contribution in [1.82, 2.24) is 0 Å². The molecular weight excluding hydrogens is 197 g/mol. The predicted molar refractivity (Wildman–Crippen MR) is 56.7 cm³/mol. The second kappa shape index (κ2) is 4.06. The van der Waals surface area contributed by atoms with Crippen molar-refractivity contribution in [3.63, 3.8) is 0 Å². The number of hydrogen-bond donors (Lipinski definition) is 1. The van der Waals surface area contributed by atoms with Crippen molar-refractivity contribution in [2.75, 3.05) is 14.2 Å². The highest BCUT2D eigenvalue weighted by Gasteiger charge is 2.23. The van der Waals surface area contributed by atoms with Gasteiger partial charge in [0.15, 0.2) is 11.5 Å². The molecule has 0 aliphatic heterocycles. The summed E-state index contributed by atoms with van der Waals surface area (Å²) in [6.07, 6.45) is 0. The van der Waals surface area contributed by atoms with E-state index in [2.05, 4.69) is 0 Å². The van der Waals surface area contributed by atoms with Gasteiger partial charge < -0.3 is 15.2 Å². The molecule has 0 aromatic heterocycles. The fraction of sp³-hybridized carbons (Fsp3) is 0.455. The number of halogens is 1. The van der Waals surface area contributed by atoms with Crippen molar-refractivity contribution in [3.05, 3.63) is 23.5 Å². The topological polar surface area (TPSA) is 44.5 Å². The van der Waals surface area contributed by atoms with Gasteiger partial charge in [0.2, 0.25) is 5.82 Å². The highest BCUT2D eigenvalue weighted by atomic mass is 19.1. The van der Waals surface area contributed by atoms with Crippen LogP contribution in [0.3, 0.4) is 0 Å². The van der Waals surface area contributed by atoms with Crippen LogP contribution >= 0.6 is 0 Å². The summed E-state index contributed by atoms with van der Waals surface area (Å²) in [5.74, 6) is -0.224. The molecule has 0 fully saturated rings. The van der Waals surface area contributed by atoms with Crippen LogP contribution in [-0.2, 0) is 5.54 Å². The standard InChI is InChI=1S/C11H16FNO2/c1-11(2,13)7-5-6-8(14-3)9(12)10(7)15-4/h5-6H,13H2,1-4H3. The van der Waals surface area contributed by atoms with E-state index in [1.165, 1.54) is 14.2 Å². The summed E-state index contributed by atoms with van der Waals surface area (Å²) in [5, 5.41) is 0.